The molecule has 1 aliphatic rings. The van der Waals surface area contributed by atoms with Crippen LogP contribution in [0.4, 0.5) is 0 Å². The van der Waals surface area contributed by atoms with Crippen LogP contribution in [-0.4, -0.2) is 27.9 Å². The van der Waals surface area contributed by atoms with E-state index in [0.29, 0.717) is 6.54 Å². The zero-order valence-electron chi connectivity index (χ0n) is 13.9. The molecule has 0 fully saturated rings. The van der Waals surface area contributed by atoms with Gasteiger partial charge in [-0.25, -0.2) is 4.98 Å². The van der Waals surface area contributed by atoms with Crippen molar-refractivity contribution >= 4 is 28.6 Å². The highest BCUT2D eigenvalue weighted by Gasteiger charge is 2.34. The van der Waals surface area contributed by atoms with Crippen molar-refractivity contribution in [2.45, 2.75) is 52.1 Å². The third-order valence-corrected chi connectivity index (χ3v) is 6.32. The fourth-order valence-corrected chi connectivity index (χ4v) is 4.91. The molecule has 0 aliphatic carbocycles. The molecule has 1 amide bonds. The van der Waals surface area contributed by atoms with Gasteiger partial charge in [0.2, 0.25) is 5.91 Å². The Balaban J connectivity index is 1.79. The number of nitrogens with zero attached hydrogens (tertiary/aromatic N) is 2. The smallest absolute Gasteiger partial charge is 0.242 e. The molecule has 0 bridgehead atoms. The van der Waals surface area contributed by atoms with E-state index in [1.54, 1.807) is 11.3 Å². The van der Waals surface area contributed by atoms with Crippen LogP contribution in [0.15, 0.2) is 11.4 Å². The monoisotopic (exact) mass is 349 g/mol. The van der Waals surface area contributed by atoms with E-state index in [2.05, 4.69) is 23.4 Å². The number of carbonyl (C=O) groups excluding carboxylic acids is 1. The van der Waals surface area contributed by atoms with Crippen LogP contribution in [0.3, 0.4) is 0 Å². The van der Waals surface area contributed by atoms with E-state index in [-0.39, 0.29) is 5.91 Å². The standard InChI is InChI=1S/C17H23N3OS2/c1-4-6-17(3,18)16(21)20-7-5-14-12(9-20)8-15(23-14)13-10-22-11(2)19-13/h8,10H,4-7,9,18H2,1-3H3. The maximum atomic E-state index is 12.7. The van der Waals surface area contributed by atoms with E-state index in [0.717, 1.165) is 36.5 Å². The molecule has 0 spiro atoms. The molecule has 6 heteroatoms. The first kappa shape index (κ1) is 16.6. The van der Waals surface area contributed by atoms with Crippen LogP contribution >= 0.6 is 22.7 Å². The van der Waals surface area contributed by atoms with Gasteiger partial charge in [-0.3, -0.25) is 4.79 Å². The first-order chi connectivity index (χ1) is 10.9. The number of aryl methyl sites for hydroxylation is 1. The lowest BCUT2D eigenvalue weighted by Gasteiger charge is -2.34. The number of aromatic nitrogens is 1. The van der Waals surface area contributed by atoms with Crippen molar-refractivity contribution in [3.63, 3.8) is 0 Å². The van der Waals surface area contributed by atoms with Gasteiger partial charge in [-0.15, -0.1) is 22.7 Å². The Hall–Kier alpha value is -1.24. The molecule has 1 atom stereocenters. The van der Waals surface area contributed by atoms with Crippen LogP contribution in [0.1, 0.15) is 42.1 Å². The number of thiophene rings is 1. The van der Waals surface area contributed by atoms with E-state index >= 15 is 0 Å². The predicted molar refractivity (Wildman–Crippen MR) is 96.8 cm³/mol. The maximum absolute atomic E-state index is 12.7. The molecule has 3 rings (SSSR count). The summed E-state index contributed by atoms with van der Waals surface area (Å²) in [6.45, 7) is 7.37. The molecule has 2 N–H and O–H groups in total. The zero-order valence-corrected chi connectivity index (χ0v) is 15.5. The van der Waals surface area contributed by atoms with Gasteiger partial charge in [0.1, 0.15) is 0 Å². The molecule has 2 aromatic heterocycles. The Labute approximate surface area is 145 Å². The minimum atomic E-state index is -0.753. The van der Waals surface area contributed by atoms with Crippen molar-refractivity contribution in [1.82, 2.24) is 9.88 Å². The van der Waals surface area contributed by atoms with Crippen LogP contribution in [0.5, 0.6) is 0 Å². The van der Waals surface area contributed by atoms with Crippen molar-refractivity contribution in [1.29, 1.82) is 0 Å². The molecule has 3 heterocycles. The normalized spacial score (nSPS) is 17.0. The number of rotatable bonds is 4. The summed E-state index contributed by atoms with van der Waals surface area (Å²) in [6, 6.07) is 2.20. The Morgan fingerprint density at radius 2 is 2.30 bits per heavy atom. The van der Waals surface area contributed by atoms with Crippen molar-refractivity contribution in [3.05, 3.63) is 26.9 Å². The number of amides is 1. The highest BCUT2D eigenvalue weighted by molar-refractivity contribution is 7.16. The number of hydrogen-bond donors (Lipinski definition) is 1. The highest BCUT2D eigenvalue weighted by Crippen LogP contribution is 2.35. The first-order valence-electron chi connectivity index (χ1n) is 8.03. The summed E-state index contributed by atoms with van der Waals surface area (Å²) in [5.41, 5.74) is 7.78. The predicted octanol–water partition coefficient (Wildman–Crippen LogP) is 3.58. The lowest BCUT2D eigenvalue weighted by Crippen LogP contribution is -2.54. The lowest BCUT2D eigenvalue weighted by atomic mass is 9.94. The van der Waals surface area contributed by atoms with Crippen LogP contribution in [0.2, 0.25) is 0 Å². The molecule has 1 aliphatic heterocycles. The third kappa shape index (κ3) is 3.34. The molecule has 23 heavy (non-hydrogen) atoms. The van der Waals surface area contributed by atoms with Gasteiger partial charge in [0.15, 0.2) is 0 Å². The number of nitrogens with two attached hydrogens (primary N) is 1. The molecular formula is C17H23N3OS2. The van der Waals surface area contributed by atoms with Gasteiger partial charge >= 0.3 is 0 Å². The van der Waals surface area contributed by atoms with Gasteiger partial charge in [-0.05, 0) is 38.3 Å². The number of fused-ring (bicyclic) bond motifs is 1. The Kier molecular flexibility index (Phi) is 4.58. The highest BCUT2D eigenvalue weighted by atomic mass is 32.1. The van der Waals surface area contributed by atoms with Crippen molar-refractivity contribution in [2.75, 3.05) is 6.54 Å². The van der Waals surface area contributed by atoms with Gasteiger partial charge < -0.3 is 10.6 Å². The number of thiazole rings is 1. The average molecular weight is 350 g/mol. The molecule has 1 unspecified atom stereocenters. The van der Waals surface area contributed by atoms with Gasteiger partial charge in [0.25, 0.3) is 0 Å². The molecule has 4 nitrogen and oxygen atoms in total. The number of carbonyl (C=O) groups is 1. The van der Waals surface area contributed by atoms with Crippen LogP contribution in [0.25, 0.3) is 10.6 Å². The molecule has 0 saturated heterocycles. The van der Waals surface area contributed by atoms with Gasteiger partial charge in [-0.2, -0.15) is 0 Å². The zero-order chi connectivity index (χ0) is 16.6. The summed E-state index contributed by atoms with van der Waals surface area (Å²) in [5, 5.41) is 3.19. The molecule has 124 valence electrons. The summed E-state index contributed by atoms with van der Waals surface area (Å²) in [4.78, 5) is 21.8. The fourth-order valence-electron chi connectivity index (χ4n) is 3.10. The van der Waals surface area contributed by atoms with E-state index < -0.39 is 5.54 Å². The second-order valence-electron chi connectivity index (χ2n) is 6.46. The quantitative estimate of drug-likeness (QED) is 0.918. The summed E-state index contributed by atoms with van der Waals surface area (Å²) in [5.74, 6) is 0.0715. The molecule has 2 aromatic rings. The molecule has 0 aromatic carbocycles. The summed E-state index contributed by atoms with van der Waals surface area (Å²) < 4.78 is 0. The topological polar surface area (TPSA) is 59.2 Å². The van der Waals surface area contributed by atoms with E-state index in [9.17, 15) is 4.79 Å². The third-order valence-electron chi connectivity index (χ3n) is 4.28. The second kappa shape index (κ2) is 6.34. The van der Waals surface area contributed by atoms with Crippen molar-refractivity contribution in [3.8, 4) is 10.6 Å². The fraction of sp³-hybridized carbons (Fsp3) is 0.529. The van der Waals surface area contributed by atoms with Gasteiger partial charge in [0.05, 0.1) is 21.1 Å². The van der Waals surface area contributed by atoms with Crippen LogP contribution in [0, 0.1) is 6.92 Å². The second-order valence-corrected chi connectivity index (χ2v) is 8.65. The van der Waals surface area contributed by atoms with E-state index in [1.165, 1.54) is 15.3 Å². The minimum absolute atomic E-state index is 0.0715. The van der Waals surface area contributed by atoms with Gasteiger partial charge in [0, 0.05) is 23.3 Å². The Morgan fingerprint density at radius 1 is 1.52 bits per heavy atom. The van der Waals surface area contributed by atoms with Crippen molar-refractivity contribution in [2.24, 2.45) is 5.73 Å². The number of hydrogen-bond acceptors (Lipinski definition) is 5. The summed E-state index contributed by atoms with van der Waals surface area (Å²) >= 11 is 3.48. The Morgan fingerprint density at radius 3 is 2.96 bits per heavy atom. The summed E-state index contributed by atoms with van der Waals surface area (Å²) in [6.07, 6.45) is 2.56. The average Bonchev–Trinajstić information content (AvgIpc) is 3.11. The van der Waals surface area contributed by atoms with Crippen LogP contribution < -0.4 is 5.73 Å². The summed E-state index contributed by atoms with van der Waals surface area (Å²) in [7, 11) is 0. The first-order valence-corrected chi connectivity index (χ1v) is 9.72. The lowest BCUT2D eigenvalue weighted by molar-refractivity contribution is -0.137. The maximum Gasteiger partial charge on any atom is 0.242 e. The van der Waals surface area contributed by atoms with E-state index in [1.807, 2.05) is 30.1 Å². The molecule has 0 radical (unpaired) electrons. The molecule has 0 saturated carbocycles. The largest absolute Gasteiger partial charge is 0.336 e. The van der Waals surface area contributed by atoms with Crippen LogP contribution in [-0.2, 0) is 17.8 Å². The minimum Gasteiger partial charge on any atom is -0.336 e. The van der Waals surface area contributed by atoms with Crippen molar-refractivity contribution < 1.29 is 4.79 Å². The molecular weight excluding hydrogens is 326 g/mol. The SMILES string of the molecule is CCCC(C)(N)C(=O)N1CCc2sc(-c3csc(C)n3)cc2C1. The van der Waals surface area contributed by atoms with Gasteiger partial charge in [-0.1, -0.05) is 13.3 Å². The Bertz CT molecular complexity index is 717. The van der Waals surface area contributed by atoms with E-state index in [4.69, 9.17) is 5.73 Å².